The maximum absolute atomic E-state index is 13.1. The summed E-state index contributed by atoms with van der Waals surface area (Å²) in [6.45, 7) is 16.8. The molecule has 1 unspecified atom stereocenters. The Kier molecular flexibility index (Phi) is 6.02. The Morgan fingerprint density at radius 1 is 1.07 bits per heavy atom. The Hall–Kier alpha value is -2.36. The van der Waals surface area contributed by atoms with E-state index in [4.69, 9.17) is 9.72 Å². The van der Waals surface area contributed by atoms with Gasteiger partial charge < -0.3 is 9.64 Å². The van der Waals surface area contributed by atoms with E-state index in [1.165, 1.54) is 5.56 Å². The lowest BCUT2D eigenvalue weighted by Crippen LogP contribution is -2.37. The highest BCUT2D eigenvalue weighted by Crippen LogP contribution is 2.46. The molecule has 1 aromatic heterocycles. The van der Waals surface area contributed by atoms with Crippen LogP contribution in [-0.4, -0.2) is 16.9 Å². The molecular formula is C25H34N2O2. The standard InChI is InChI=1S/C25H34N2O2/c1-9-20(10-2)27-21-13-17(7)26-24(22(21)18(8)25(27)28)29-23-15(5)11-19(14(3)4)12-16(23)6/h11-14,18,20H,9-10H2,1-8H3. The number of carbonyl (C=O) groups is 1. The van der Waals surface area contributed by atoms with Crippen molar-refractivity contribution in [1.29, 1.82) is 0 Å². The predicted octanol–water partition coefficient (Wildman–Crippen LogP) is 6.56. The lowest BCUT2D eigenvalue weighted by molar-refractivity contribution is -0.119. The first-order valence-electron chi connectivity index (χ1n) is 10.8. The first kappa shape index (κ1) is 21.4. The molecule has 0 bridgehead atoms. The zero-order valence-corrected chi connectivity index (χ0v) is 19.1. The molecule has 4 heteroatoms. The van der Waals surface area contributed by atoms with Gasteiger partial charge in [0.05, 0.1) is 17.2 Å². The SMILES string of the molecule is CCC(CC)N1C(=O)C(C)c2c1cc(C)nc2Oc1c(C)cc(C(C)C)cc1C. The van der Waals surface area contributed by atoms with Crippen molar-refractivity contribution in [2.45, 2.75) is 86.1 Å². The van der Waals surface area contributed by atoms with Gasteiger partial charge in [-0.15, -0.1) is 0 Å². The predicted molar refractivity (Wildman–Crippen MR) is 119 cm³/mol. The number of fused-ring (bicyclic) bond motifs is 1. The number of ether oxygens (including phenoxy) is 1. The molecule has 0 aliphatic carbocycles. The van der Waals surface area contributed by atoms with Gasteiger partial charge in [-0.1, -0.05) is 39.8 Å². The zero-order chi connectivity index (χ0) is 21.5. The van der Waals surface area contributed by atoms with E-state index in [1.807, 2.05) is 24.8 Å². The van der Waals surface area contributed by atoms with E-state index >= 15 is 0 Å². The number of aryl methyl sites for hydroxylation is 3. The molecule has 2 aromatic rings. The van der Waals surface area contributed by atoms with Crippen LogP contribution in [0.15, 0.2) is 18.2 Å². The van der Waals surface area contributed by atoms with Crippen molar-refractivity contribution in [3.8, 4) is 11.6 Å². The highest BCUT2D eigenvalue weighted by atomic mass is 16.5. The van der Waals surface area contributed by atoms with Crippen molar-refractivity contribution < 1.29 is 9.53 Å². The molecule has 0 fully saturated rings. The van der Waals surface area contributed by atoms with Crippen LogP contribution in [0.25, 0.3) is 0 Å². The molecule has 2 heterocycles. The second-order valence-corrected chi connectivity index (χ2v) is 8.64. The lowest BCUT2D eigenvalue weighted by atomic mass is 9.97. The lowest BCUT2D eigenvalue weighted by Gasteiger charge is -2.27. The van der Waals surface area contributed by atoms with E-state index in [0.29, 0.717) is 11.8 Å². The fourth-order valence-corrected chi connectivity index (χ4v) is 4.38. The van der Waals surface area contributed by atoms with Crippen molar-refractivity contribution >= 4 is 11.6 Å². The molecule has 4 nitrogen and oxygen atoms in total. The molecule has 0 saturated heterocycles. The minimum absolute atomic E-state index is 0.148. The molecule has 0 N–H and O–H groups in total. The second-order valence-electron chi connectivity index (χ2n) is 8.64. The van der Waals surface area contributed by atoms with Gasteiger partial charge in [0.2, 0.25) is 11.8 Å². The topological polar surface area (TPSA) is 42.4 Å². The number of amides is 1. The smallest absolute Gasteiger partial charge is 0.234 e. The largest absolute Gasteiger partial charge is 0.438 e. The molecule has 0 radical (unpaired) electrons. The van der Waals surface area contributed by atoms with E-state index in [1.54, 1.807) is 0 Å². The van der Waals surface area contributed by atoms with E-state index in [0.717, 1.165) is 46.7 Å². The molecule has 3 rings (SSSR count). The number of hydrogen-bond donors (Lipinski definition) is 0. The van der Waals surface area contributed by atoms with Crippen LogP contribution in [0.3, 0.4) is 0 Å². The molecule has 29 heavy (non-hydrogen) atoms. The maximum Gasteiger partial charge on any atom is 0.234 e. The van der Waals surface area contributed by atoms with Crippen molar-refractivity contribution in [3.63, 3.8) is 0 Å². The van der Waals surface area contributed by atoms with Gasteiger partial charge in [0.15, 0.2) is 0 Å². The molecule has 156 valence electrons. The molecular weight excluding hydrogens is 360 g/mol. The Bertz CT molecular complexity index is 906. The van der Waals surface area contributed by atoms with Crippen molar-refractivity contribution in [1.82, 2.24) is 4.98 Å². The molecule has 1 atom stereocenters. The molecule has 1 aromatic carbocycles. The zero-order valence-electron chi connectivity index (χ0n) is 19.1. The number of nitrogens with zero attached hydrogens (tertiary/aromatic N) is 2. The van der Waals surface area contributed by atoms with Crippen LogP contribution < -0.4 is 9.64 Å². The Morgan fingerprint density at radius 2 is 1.66 bits per heavy atom. The Labute approximate surface area is 175 Å². The highest BCUT2D eigenvalue weighted by molar-refractivity contribution is 6.06. The summed E-state index contributed by atoms with van der Waals surface area (Å²) >= 11 is 0. The number of hydrogen-bond acceptors (Lipinski definition) is 3. The normalized spacial score (nSPS) is 16.1. The van der Waals surface area contributed by atoms with Gasteiger partial charge in [-0.05, 0) is 69.2 Å². The fourth-order valence-electron chi connectivity index (χ4n) is 4.38. The van der Waals surface area contributed by atoms with Gasteiger partial charge >= 0.3 is 0 Å². The van der Waals surface area contributed by atoms with Gasteiger partial charge in [-0.25, -0.2) is 4.98 Å². The van der Waals surface area contributed by atoms with Gasteiger partial charge in [0.1, 0.15) is 5.75 Å². The van der Waals surface area contributed by atoms with E-state index in [-0.39, 0.29) is 17.9 Å². The summed E-state index contributed by atoms with van der Waals surface area (Å²) in [6.07, 6.45) is 1.86. The van der Waals surface area contributed by atoms with Crippen LogP contribution in [0, 0.1) is 20.8 Å². The summed E-state index contributed by atoms with van der Waals surface area (Å²) in [5.41, 5.74) is 6.25. The monoisotopic (exact) mass is 394 g/mol. The van der Waals surface area contributed by atoms with E-state index < -0.39 is 0 Å². The van der Waals surface area contributed by atoms with Gasteiger partial charge in [-0.2, -0.15) is 0 Å². The highest BCUT2D eigenvalue weighted by Gasteiger charge is 2.40. The van der Waals surface area contributed by atoms with Crippen LogP contribution in [0.1, 0.15) is 87.2 Å². The summed E-state index contributed by atoms with van der Waals surface area (Å²) in [5.74, 6) is 1.78. The van der Waals surface area contributed by atoms with Crippen molar-refractivity contribution in [2.24, 2.45) is 0 Å². The van der Waals surface area contributed by atoms with Gasteiger partial charge in [-0.3, -0.25) is 4.79 Å². The van der Waals surface area contributed by atoms with Crippen LogP contribution in [0.2, 0.25) is 0 Å². The average Bonchev–Trinajstić information content (AvgIpc) is 2.90. The molecule has 1 amide bonds. The van der Waals surface area contributed by atoms with Crippen LogP contribution >= 0.6 is 0 Å². The Morgan fingerprint density at radius 3 is 2.17 bits per heavy atom. The summed E-state index contributed by atoms with van der Waals surface area (Å²) < 4.78 is 6.42. The second kappa shape index (κ2) is 8.17. The number of benzene rings is 1. The first-order chi connectivity index (χ1) is 13.7. The number of rotatable bonds is 6. The number of anilines is 1. The molecule has 1 aliphatic rings. The average molecular weight is 395 g/mol. The van der Waals surface area contributed by atoms with E-state index in [2.05, 4.69) is 53.7 Å². The first-order valence-corrected chi connectivity index (χ1v) is 10.8. The number of aromatic nitrogens is 1. The van der Waals surface area contributed by atoms with Crippen LogP contribution in [0.5, 0.6) is 11.6 Å². The summed E-state index contributed by atoms with van der Waals surface area (Å²) in [4.78, 5) is 19.8. The van der Waals surface area contributed by atoms with E-state index in [9.17, 15) is 4.79 Å². The van der Waals surface area contributed by atoms with Gasteiger partial charge in [0.25, 0.3) is 0 Å². The maximum atomic E-state index is 13.1. The third-order valence-electron chi connectivity index (χ3n) is 6.09. The third-order valence-corrected chi connectivity index (χ3v) is 6.09. The minimum atomic E-state index is -0.246. The van der Waals surface area contributed by atoms with Crippen LogP contribution in [-0.2, 0) is 4.79 Å². The Balaban J connectivity index is 2.10. The summed E-state index contributed by atoms with van der Waals surface area (Å²) in [5, 5.41) is 0. The minimum Gasteiger partial charge on any atom is -0.438 e. The molecule has 0 spiro atoms. The molecule has 1 aliphatic heterocycles. The van der Waals surface area contributed by atoms with Crippen LogP contribution in [0.4, 0.5) is 5.69 Å². The third kappa shape index (κ3) is 3.77. The van der Waals surface area contributed by atoms with Crippen molar-refractivity contribution in [3.05, 3.63) is 46.1 Å². The number of carbonyl (C=O) groups excluding carboxylic acids is 1. The summed E-state index contributed by atoms with van der Waals surface area (Å²) in [6, 6.07) is 6.61. The fraction of sp³-hybridized carbons (Fsp3) is 0.520. The quantitative estimate of drug-likeness (QED) is 0.557. The molecule has 0 saturated carbocycles. The summed E-state index contributed by atoms with van der Waals surface area (Å²) in [7, 11) is 0. The van der Waals surface area contributed by atoms with Crippen molar-refractivity contribution in [2.75, 3.05) is 4.90 Å². The number of pyridine rings is 1. The van der Waals surface area contributed by atoms with Gasteiger partial charge in [0, 0.05) is 11.7 Å².